The highest BCUT2D eigenvalue weighted by Gasteiger charge is 2.24. The van der Waals surface area contributed by atoms with Crippen LogP contribution in [0.4, 0.5) is 4.79 Å². The van der Waals surface area contributed by atoms with Crippen molar-refractivity contribution >= 4 is 23.5 Å². The van der Waals surface area contributed by atoms with Crippen LogP contribution in [0.15, 0.2) is 48.5 Å². The molecule has 3 rings (SSSR count). The van der Waals surface area contributed by atoms with Gasteiger partial charge in [-0.05, 0) is 61.4 Å². The Kier molecular flexibility index (Phi) is 8.77. The van der Waals surface area contributed by atoms with Gasteiger partial charge in [-0.1, -0.05) is 54.8 Å². The molecule has 6 heteroatoms. The molecule has 5 nitrogen and oxygen atoms in total. The second-order valence-electron chi connectivity index (χ2n) is 8.28. The lowest BCUT2D eigenvalue weighted by Gasteiger charge is -2.32. The monoisotopic (exact) mass is 441 g/mol. The molecule has 1 aliphatic heterocycles. The van der Waals surface area contributed by atoms with Crippen LogP contribution in [0, 0.1) is 12.8 Å². The van der Waals surface area contributed by atoms with E-state index in [1.165, 1.54) is 0 Å². The average molecular weight is 442 g/mol. The number of carbonyl (C=O) groups is 2. The number of rotatable bonds is 8. The summed E-state index contributed by atoms with van der Waals surface area (Å²) in [6.45, 7) is 4.83. The van der Waals surface area contributed by atoms with Crippen LogP contribution >= 0.6 is 11.6 Å². The quantitative estimate of drug-likeness (QED) is 0.555. The van der Waals surface area contributed by atoms with Crippen molar-refractivity contribution < 1.29 is 9.59 Å². The highest BCUT2D eigenvalue weighted by molar-refractivity contribution is 6.30. The van der Waals surface area contributed by atoms with Crippen molar-refractivity contribution in [2.24, 2.45) is 5.92 Å². The van der Waals surface area contributed by atoms with Gasteiger partial charge in [0, 0.05) is 36.8 Å². The van der Waals surface area contributed by atoms with Gasteiger partial charge in [-0.25, -0.2) is 4.79 Å². The molecule has 0 spiro atoms. The van der Waals surface area contributed by atoms with E-state index in [1.54, 1.807) is 0 Å². The van der Waals surface area contributed by atoms with E-state index in [0.717, 1.165) is 61.9 Å². The van der Waals surface area contributed by atoms with Crippen molar-refractivity contribution in [3.05, 3.63) is 70.2 Å². The fraction of sp³-hybridized carbons (Fsp3) is 0.440. The number of nitrogens with zero attached hydrogens (tertiary/aromatic N) is 1. The van der Waals surface area contributed by atoms with Crippen molar-refractivity contribution in [2.45, 2.75) is 45.6 Å². The molecule has 0 aliphatic carbocycles. The number of nitrogens with one attached hydrogen (secondary N) is 2. The van der Waals surface area contributed by atoms with Crippen molar-refractivity contribution in [3.63, 3.8) is 0 Å². The first-order valence-corrected chi connectivity index (χ1v) is 11.5. The minimum atomic E-state index is -0.141. The summed E-state index contributed by atoms with van der Waals surface area (Å²) in [7, 11) is 0. The zero-order valence-corrected chi connectivity index (χ0v) is 19.0. The third-order valence-corrected chi connectivity index (χ3v) is 6.22. The molecule has 2 N–H and O–H groups in total. The summed E-state index contributed by atoms with van der Waals surface area (Å²) in [6, 6.07) is 15.1. The topological polar surface area (TPSA) is 61.4 Å². The average Bonchev–Trinajstić information content (AvgIpc) is 2.79. The molecule has 0 aromatic heterocycles. The Morgan fingerprint density at radius 2 is 1.71 bits per heavy atom. The zero-order valence-electron chi connectivity index (χ0n) is 18.2. The molecule has 2 aromatic carbocycles. The molecule has 0 radical (unpaired) electrons. The molecule has 2 aromatic rings. The van der Waals surface area contributed by atoms with Gasteiger partial charge in [0.1, 0.15) is 0 Å². The lowest BCUT2D eigenvalue weighted by atomic mass is 9.91. The first-order chi connectivity index (χ1) is 15.0. The largest absolute Gasteiger partial charge is 0.339 e. The highest BCUT2D eigenvalue weighted by atomic mass is 35.5. The molecule has 0 unspecified atom stereocenters. The van der Waals surface area contributed by atoms with E-state index in [0.29, 0.717) is 24.0 Å². The Hall–Kier alpha value is -2.53. The molecular formula is C25H32ClN3O2. The van der Waals surface area contributed by atoms with Gasteiger partial charge in [0.25, 0.3) is 5.91 Å². The van der Waals surface area contributed by atoms with Crippen LogP contribution in [-0.4, -0.2) is 36.5 Å². The number of unbranched alkanes of at least 4 members (excludes halogenated alkanes) is 1. The molecule has 1 aliphatic rings. The van der Waals surface area contributed by atoms with Crippen LogP contribution in [0.2, 0.25) is 5.02 Å². The molecule has 0 bridgehead atoms. The number of benzene rings is 2. The van der Waals surface area contributed by atoms with Crippen LogP contribution < -0.4 is 10.6 Å². The number of hydrogen-bond acceptors (Lipinski definition) is 2. The van der Waals surface area contributed by atoms with Crippen molar-refractivity contribution in [1.29, 1.82) is 0 Å². The van der Waals surface area contributed by atoms with Gasteiger partial charge < -0.3 is 15.5 Å². The summed E-state index contributed by atoms with van der Waals surface area (Å²) in [5, 5.41) is 6.47. The normalized spacial score (nSPS) is 14.3. The van der Waals surface area contributed by atoms with Crippen LogP contribution in [0.5, 0.6) is 0 Å². The predicted octanol–water partition coefficient (Wildman–Crippen LogP) is 5.17. The number of hydrogen-bond donors (Lipinski definition) is 2. The molecule has 0 saturated carbocycles. The molecule has 1 heterocycles. The van der Waals surface area contributed by atoms with E-state index >= 15 is 0 Å². The second-order valence-corrected chi connectivity index (χ2v) is 8.72. The molecular weight excluding hydrogens is 410 g/mol. The number of amides is 3. The number of urea groups is 1. The van der Waals surface area contributed by atoms with Crippen LogP contribution in [-0.2, 0) is 6.54 Å². The van der Waals surface area contributed by atoms with Gasteiger partial charge >= 0.3 is 6.03 Å². The standard InChI is InChI=1S/C25H32ClN3O2/c1-19-6-2-3-8-23(19)24(30)29-16-13-20(14-17-29)7-4-5-15-27-25(31)28-18-21-9-11-22(26)12-10-21/h2-3,6,8-12,20H,4-5,7,13-18H2,1H3,(H2,27,28,31). The maximum atomic E-state index is 12.7. The third-order valence-electron chi connectivity index (χ3n) is 5.97. The molecule has 1 fully saturated rings. The van der Waals surface area contributed by atoms with Crippen LogP contribution in [0.25, 0.3) is 0 Å². The number of likely N-dealkylation sites (tertiary alicyclic amines) is 1. The summed E-state index contributed by atoms with van der Waals surface area (Å²) in [5.74, 6) is 0.824. The summed E-state index contributed by atoms with van der Waals surface area (Å²) in [4.78, 5) is 26.6. The highest BCUT2D eigenvalue weighted by Crippen LogP contribution is 2.24. The van der Waals surface area contributed by atoms with E-state index < -0.39 is 0 Å². The van der Waals surface area contributed by atoms with Crippen LogP contribution in [0.1, 0.15) is 53.6 Å². The maximum Gasteiger partial charge on any atom is 0.315 e. The summed E-state index contributed by atoms with van der Waals surface area (Å²) < 4.78 is 0. The van der Waals surface area contributed by atoms with Gasteiger partial charge in [-0.2, -0.15) is 0 Å². The predicted molar refractivity (Wildman–Crippen MR) is 125 cm³/mol. The van der Waals surface area contributed by atoms with Crippen molar-refractivity contribution in [1.82, 2.24) is 15.5 Å². The van der Waals surface area contributed by atoms with Crippen molar-refractivity contribution in [3.8, 4) is 0 Å². The van der Waals surface area contributed by atoms with Crippen LogP contribution in [0.3, 0.4) is 0 Å². The Morgan fingerprint density at radius 3 is 2.42 bits per heavy atom. The fourth-order valence-corrected chi connectivity index (χ4v) is 4.14. The minimum absolute atomic E-state index is 0.141. The van der Waals surface area contributed by atoms with E-state index in [9.17, 15) is 9.59 Å². The third kappa shape index (κ3) is 7.28. The smallest absolute Gasteiger partial charge is 0.315 e. The van der Waals surface area contributed by atoms with Gasteiger partial charge in [0.15, 0.2) is 0 Å². The zero-order chi connectivity index (χ0) is 22.1. The fourth-order valence-electron chi connectivity index (χ4n) is 4.01. The molecule has 1 saturated heterocycles. The maximum absolute atomic E-state index is 12.7. The van der Waals surface area contributed by atoms with E-state index in [4.69, 9.17) is 11.6 Å². The number of carbonyl (C=O) groups excluding carboxylic acids is 2. The second kappa shape index (κ2) is 11.8. The van der Waals surface area contributed by atoms with Gasteiger partial charge in [0.2, 0.25) is 0 Å². The van der Waals surface area contributed by atoms with E-state index in [-0.39, 0.29) is 11.9 Å². The number of aryl methyl sites for hydroxylation is 1. The van der Waals surface area contributed by atoms with E-state index in [1.807, 2.05) is 60.4 Å². The lowest BCUT2D eigenvalue weighted by Crippen LogP contribution is -2.38. The Balaban J connectivity index is 1.26. The molecule has 0 atom stereocenters. The minimum Gasteiger partial charge on any atom is -0.339 e. The lowest BCUT2D eigenvalue weighted by molar-refractivity contribution is 0.0685. The van der Waals surface area contributed by atoms with Crippen molar-refractivity contribution in [2.75, 3.05) is 19.6 Å². The first kappa shape index (κ1) is 23.1. The Labute approximate surface area is 190 Å². The SMILES string of the molecule is Cc1ccccc1C(=O)N1CCC(CCCCNC(=O)NCc2ccc(Cl)cc2)CC1. The number of halogens is 1. The van der Waals surface area contributed by atoms with Gasteiger partial charge in [-0.15, -0.1) is 0 Å². The summed E-state index contributed by atoms with van der Waals surface area (Å²) >= 11 is 5.86. The Bertz CT molecular complexity index is 861. The first-order valence-electron chi connectivity index (χ1n) is 11.1. The number of piperidine rings is 1. The van der Waals surface area contributed by atoms with Gasteiger partial charge in [0.05, 0.1) is 0 Å². The molecule has 166 valence electrons. The molecule has 3 amide bonds. The Morgan fingerprint density at radius 1 is 1.00 bits per heavy atom. The van der Waals surface area contributed by atoms with E-state index in [2.05, 4.69) is 10.6 Å². The van der Waals surface area contributed by atoms with Gasteiger partial charge in [-0.3, -0.25) is 4.79 Å². The summed E-state index contributed by atoms with van der Waals surface area (Å²) in [6.07, 6.45) is 5.34. The summed E-state index contributed by atoms with van der Waals surface area (Å²) in [5.41, 5.74) is 2.88. The molecule has 31 heavy (non-hydrogen) atoms.